The number of rotatable bonds is 1. The smallest absolute Gasteiger partial charge is 0.182 e. The van der Waals surface area contributed by atoms with Gasteiger partial charge < -0.3 is 4.98 Å². The lowest BCUT2D eigenvalue weighted by atomic mass is 9.96. The lowest BCUT2D eigenvalue weighted by Gasteiger charge is -2.09. The highest BCUT2D eigenvalue weighted by molar-refractivity contribution is 6.33. The predicted molar refractivity (Wildman–Crippen MR) is 97.1 cm³/mol. The molecule has 0 radical (unpaired) electrons. The Kier molecular flexibility index (Phi) is 2.81. The van der Waals surface area contributed by atoms with Gasteiger partial charge in [0.05, 0.1) is 0 Å². The minimum absolute atomic E-state index is 0.378. The number of fused-ring (bicyclic) bond motifs is 3. The van der Waals surface area contributed by atoms with Crippen molar-refractivity contribution < 1.29 is 0 Å². The quantitative estimate of drug-likeness (QED) is 0.348. The lowest BCUT2D eigenvalue weighted by molar-refractivity contribution is 1.20. The Morgan fingerprint density at radius 2 is 1.50 bits per heavy atom. The van der Waals surface area contributed by atoms with Gasteiger partial charge in [0.25, 0.3) is 0 Å². The molecular formula is C19H11ClN4. The molecule has 0 aliphatic carbocycles. The predicted octanol–water partition coefficient (Wildman–Crippen LogP) is 4.98. The molecule has 2 heterocycles. The van der Waals surface area contributed by atoms with Gasteiger partial charge in [0.2, 0.25) is 0 Å². The van der Waals surface area contributed by atoms with E-state index >= 15 is 0 Å². The molecule has 3 aromatic carbocycles. The van der Waals surface area contributed by atoms with Crippen LogP contribution in [0.15, 0.2) is 60.9 Å². The molecule has 0 saturated carbocycles. The first-order valence-corrected chi connectivity index (χ1v) is 7.96. The Labute approximate surface area is 142 Å². The SMILES string of the molecule is Clc1ncnc2nc(-c3c4ccccc4cc4ccccc34)[nH]c12. The van der Waals surface area contributed by atoms with Crippen LogP contribution in [0, 0.1) is 0 Å². The van der Waals surface area contributed by atoms with E-state index in [9.17, 15) is 0 Å². The van der Waals surface area contributed by atoms with Crippen LogP contribution in [0.3, 0.4) is 0 Å². The highest BCUT2D eigenvalue weighted by atomic mass is 35.5. The van der Waals surface area contributed by atoms with Gasteiger partial charge in [0, 0.05) is 5.56 Å². The third kappa shape index (κ3) is 1.90. The van der Waals surface area contributed by atoms with Crippen molar-refractivity contribution in [1.82, 2.24) is 19.9 Å². The van der Waals surface area contributed by atoms with Crippen molar-refractivity contribution in [3.8, 4) is 11.4 Å². The molecule has 0 atom stereocenters. The zero-order valence-corrected chi connectivity index (χ0v) is 13.2. The highest BCUT2D eigenvalue weighted by Gasteiger charge is 2.15. The standard InChI is InChI=1S/C19H11ClN4/c20-17-16-19(22-10-21-17)24-18(23-16)15-13-7-3-1-5-11(13)9-12-6-2-4-8-14(12)15/h1-10H,(H,21,22,23,24). The summed E-state index contributed by atoms with van der Waals surface area (Å²) >= 11 is 6.17. The van der Waals surface area contributed by atoms with Crippen LogP contribution >= 0.6 is 11.6 Å². The molecule has 24 heavy (non-hydrogen) atoms. The topological polar surface area (TPSA) is 54.5 Å². The van der Waals surface area contributed by atoms with Crippen molar-refractivity contribution >= 4 is 44.3 Å². The van der Waals surface area contributed by atoms with E-state index in [4.69, 9.17) is 11.6 Å². The number of nitrogens with zero attached hydrogens (tertiary/aromatic N) is 3. The van der Waals surface area contributed by atoms with E-state index in [2.05, 4.69) is 50.3 Å². The van der Waals surface area contributed by atoms with Gasteiger partial charge in [-0.2, -0.15) is 0 Å². The Bertz CT molecular complexity index is 1170. The monoisotopic (exact) mass is 330 g/mol. The summed E-state index contributed by atoms with van der Waals surface area (Å²) in [5.74, 6) is 0.750. The van der Waals surface area contributed by atoms with Gasteiger partial charge in [-0.05, 0) is 27.6 Å². The minimum Gasteiger partial charge on any atom is -0.334 e. The van der Waals surface area contributed by atoms with Crippen molar-refractivity contribution in [1.29, 1.82) is 0 Å². The molecule has 0 saturated heterocycles. The molecule has 5 heteroatoms. The molecule has 0 unspecified atom stereocenters. The maximum Gasteiger partial charge on any atom is 0.182 e. The summed E-state index contributed by atoms with van der Waals surface area (Å²) in [7, 11) is 0. The molecule has 0 fully saturated rings. The number of imidazole rings is 1. The van der Waals surface area contributed by atoms with Crippen molar-refractivity contribution in [3.05, 3.63) is 66.1 Å². The van der Waals surface area contributed by atoms with Crippen LogP contribution in [0.25, 0.3) is 44.1 Å². The number of H-pyrrole nitrogens is 1. The molecule has 0 aliphatic rings. The number of benzene rings is 3. The minimum atomic E-state index is 0.378. The summed E-state index contributed by atoms with van der Waals surface area (Å²) < 4.78 is 0. The molecule has 5 rings (SSSR count). The molecular weight excluding hydrogens is 320 g/mol. The van der Waals surface area contributed by atoms with Gasteiger partial charge in [0.1, 0.15) is 17.7 Å². The van der Waals surface area contributed by atoms with Crippen molar-refractivity contribution in [2.24, 2.45) is 0 Å². The van der Waals surface area contributed by atoms with E-state index in [1.165, 1.54) is 17.1 Å². The Morgan fingerprint density at radius 1 is 0.833 bits per heavy atom. The summed E-state index contributed by atoms with van der Waals surface area (Å²) in [6.45, 7) is 0. The first-order valence-electron chi connectivity index (χ1n) is 7.58. The summed E-state index contributed by atoms with van der Waals surface area (Å²) in [4.78, 5) is 16.2. The summed E-state index contributed by atoms with van der Waals surface area (Å²) in [5.41, 5.74) is 2.28. The Balaban J connectivity index is 1.96. The Morgan fingerprint density at radius 3 is 2.17 bits per heavy atom. The number of nitrogens with one attached hydrogen (secondary N) is 1. The number of aromatic nitrogens is 4. The van der Waals surface area contributed by atoms with Gasteiger partial charge in [-0.1, -0.05) is 60.1 Å². The molecule has 0 bridgehead atoms. The molecule has 0 amide bonds. The normalized spacial score (nSPS) is 11.5. The number of hydrogen-bond donors (Lipinski definition) is 1. The maximum absolute atomic E-state index is 6.17. The van der Waals surface area contributed by atoms with Crippen LogP contribution in [0.2, 0.25) is 5.15 Å². The first kappa shape index (κ1) is 13.5. The fourth-order valence-electron chi connectivity index (χ4n) is 3.19. The molecule has 1 N–H and O–H groups in total. The van der Waals surface area contributed by atoms with E-state index in [0.29, 0.717) is 16.3 Å². The zero-order valence-electron chi connectivity index (χ0n) is 12.5. The largest absolute Gasteiger partial charge is 0.334 e. The second-order valence-electron chi connectivity index (χ2n) is 5.64. The average Bonchev–Trinajstić information content (AvgIpc) is 3.05. The molecule has 4 nitrogen and oxygen atoms in total. The second-order valence-corrected chi connectivity index (χ2v) is 6.00. The van der Waals surface area contributed by atoms with Crippen LogP contribution in [0.4, 0.5) is 0 Å². The fraction of sp³-hybridized carbons (Fsp3) is 0. The van der Waals surface area contributed by atoms with Crippen LogP contribution < -0.4 is 0 Å². The fourth-order valence-corrected chi connectivity index (χ4v) is 3.36. The number of halogens is 1. The second kappa shape index (κ2) is 5.01. The van der Waals surface area contributed by atoms with Crippen molar-refractivity contribution in [2.45, 2.75) is 0 Å². The van der Waals surface area contributed by atoms with Crippen LogP contribution in [0.5, 0.6) is 0 Å². The summed E-state index contributed by atoms with van der Waals surface area (Å²) in [6.07, 6.45) is 1.43. The lowest BCUT2D eigenvalue weighted by Crippen LogP contribution is -1.87. The summed E-state index contributed by atoms with van der Waals surface area (Å²) in [5, 5.41) is 5.00. The summed E-state index contributed by atoms with van der Waals surface area (Å²) in [6, 6.07) is 18.8. The van der Waals surface area contributed by atoms with E-state index < -0.39 is 0 Å². The van der Waals surface area contributed by atoms with Crippen LogP contribution in [-0.4, -0.2) is 19.9 Å². The van der Waals surface area contributed by atoms with Gasteiger partial charge >= 0.3 is 0 Å². The van der Waals surface area contributed by atoms with E-state index in [1.807, 2.05) is 24.3 Å². The average molecular weight is 331 g/mol. The molecule has 5 aromatic rings. The van der Waals surface area contributed by atoms with E-state index in [1.54, 1.807) is 0 Å². The molecule has 0 aliphatic heterocycles. The van der Waals surface area contributed by atoms with Gasteiger partial charge in [-0.15, -0.1) is 0 Å². The third-order valence-electron chi connectivity index (χ3n) is 4.25. The van der Waals surface area contributed by atoms with Gasteiger partial charge in [0.15, 0.2) is 10.8 Å². The maximum atomic E-state index is 6.17. The molecule has 0 spiro atoms. The highest BCUT2D eigenvalue weighted by Crippen LogP contribution is 2.35. The van der Waals surface area contributed by atoms with Crippen molar-refractivity contribution in [3.63, 3.8) is 0 Å². The van der Waals surface area contributed by atoms with E-state index in [-0.39, 0.29) is 0 Å². The third-order valence-corrected chi connectivity index (χ3v) is 4.54. The molecule has 2 aromatic heterocycles. The number of aromatic amines is 1. The van der Waals surface area contributed by atoms with Gasteiger partial charge in [-0.3, -0.25) is 0 Å². The van der Waals surface area contributed by atoms with Crippen LogP contribution in [-0.2, 0) is 0 Å². The number of hydrogen-bond acceptors (Lipinski definition) is 3. The van der Waals surface area contributed by atoms with Crippen molar-refractivity contribution in [2.75, 3.05) is 0 Å². The van der Waals surface area contributed by atoms with E-state index in [0.717, 1.165) is 22.2 Å². The molecule has 114 valence electrons. The Hall–Kier alpha value is -2.98. The first-order chi connectivity index (χ1) is 11.8. The zero-order chi connectivity index (χ0) is 16.1. The van der Waals surface area contributed by atoms with Crippen LogP contribution in [0.1, 0.15) is 0 Å². The van der Waals surface area contributed by atoms with Gasteiger partial charge in [-0.25, -0.2) is 15.0 Å².